The molecule has 1 heterocycles. The SMILES string of the molecule is Cc1cc(N)cc(C)c1S(=O)(=O)Nc1sccc1C#N. The van der Waals surface area contributed by atoms with E-state index in [1.807, 2.05) is 6.07 Å². The van der Waals surface area contributed by atoms with Gasteiger partial charge in [-0.25, -0.2) is 8.42 Å². The van der Waals surface area contributed by atoms with Gasteiger partial charge in [0, 0.05) is 5.69 Å². The average molecular weight is 307 g/mol. The van der Waals surface area contributed by atoms with Gasteiger partial charge in [-0.1, -0.05) is 0 Å². The van der Waals surface area contributed by atoms with Crippen LogP contribution in [0.4, 0.5) is 10.7 Å². The number of hydrogen-bond donors (Lipinski definition) is 2. The molecule has 2 rings (SSSR count). The molecule has 0 atom stereocenters. The normalized spacial score (nSPS) is 11.1. The molecular formula is C13H13N3O2S2. The molecule has 104 valence electrons. The first-order valence-corrected chi connectivity index (χ1v) is 8.08. The second kappa shape index (κ2) is 5.15. The Kier molecular flexibility index (Phi) is 3.70. The van der Waals surface area contributed by atoms with Crippen LogP contribution < -0.4 is 10.5 Å². The lowest BCUT2D eigenvalue weighted by molar-refractivity contribution is 0.600. The first kappa shape index (κ1) is 14.4. The number of nitrogen functional groups attached to an aromatic ring is 1. The fraction of sp³-hybridized carbons (Fsp3) is 0.154. The number of hydrogen-bond acceptors (Lipinski definition) is 5. The maximum absolute atomic E-state index is 12.5. The molecular weight excluding hydrogens is 294 g/mol. The van der Waals surface area contributed by atoms with Crippen LogP contribution in [-0.2, 0) is 10.0 Å². The number of benzene rings is 1. The van der Waals surface area contributed by atoms with E-state index in [1.165, 1.54) is 11.3 Å². The summed E-state index contributed by atoms with van der Waals surface area (Å²) in [4.78, 5) is 0.198. The molecule has 1 aromatic carbocycles. The molecule has 0 aliphatic carbocycles. The number of thiophene rings is 1. The van der Waals surface area contributed by atoms with E-state index in [0.29, 0.717) is 27.4 Å². The standard InChI is InChI=1S/C13H13N3O2S2/c1-8-5-11(15)6-9(2)12(8)20(17,18)16-13-10(7-14)3-4-19-13/h3-6,16H,15H2,1-2H3. The monoisotopic (exact) mass is 307 g/mol. The van der Waals surface area contributed by atoms with Crippen molar-refractivity contribution in [3.05, 3.63) is 40.3 Å². The molecule has 5 nitrogen and oxygen atoms in total. The number of anilines is 2. The molecule has 0 aliphatic heterocycles. The third-order valence-electron chi connectivity index (χ3n) is 2.76. The lowest BCUT2D eigenvalue weighted by atomic mass is 10.1. The predicted octanol–water partition coefficient (Wildman–Crippen LogP) is 2.62. The minimum absolute atomic E-state index is 0.198. The van der Waals surface area contributed by atoms with Crippen molar-refractivity contribution in [2.75, 3.05) is 10.5 Å². The van der Waals surface area contributed by atoms with E-state index >= 15 is 0 Å². The van der Waals surface area contributed by atoms with Crippen LogP contribution in [-0.4, -0.2) is 8.42 Å². The van der Waals surface area contributed by atoms with E-state index in [1.54, 1.807) is 37.4 Å². The van der Waals surface area contributed by atoms with Gasteiger partial charge in [0.05, 0.1) is 10.5 Å². The van der Waals surface area contributed by atoms with Gasteiger partial charge in [-0.05, 0) is 48.6 Å². The summed E-state index contributed by atoms with van der Waals surface area (Å²) in [6, 6.07) is 6.75. The van der Waals surface area contributed by atoms with Crippen LogP contribution in [0, 0.1) is 25.2 Å². The van der Waals surface area contributed by atoms with Crippen LogP contribution in [0.1, 0.15) is 16.7 Å². The third kappa shape index (κ3) is 2.61. The third-order valence-corrected chi connectivity index (χ3v) is 5.38. The summed E-state index contributed by atoms with van der Waals surface area (Å²) in [6.07, 6.45) is 0. The van der Waals surface area contributed by atoms with Gasteiger partial charge >= 0.3 is 0 Å². The summed E-state index contributed by atoms with van der Waals surface area (Å²) in [5, 5.41) is 10.9. The highest BCUT2D eigenvalue weighted by molar-refractivity contribution is 7.93. The molecule has 0 saturated heterocycles. The number of nitrogens with two attached hydrogens (primary N) is 1. The Morgan fingerprint density at radius 1 is 1.30 bits per heavy atom. The summed E-state index contributed by atoms with van der Waals surface area (Å²) in [5.74, 6) is 0. The molecule has 0 amide bonds. The Labute approximate surface area is 121 Å². The largest absolute Gasteiger partial charge is 0.399 e. The fourth-order valence-corrected chi connectivity index (χ4v) is 4.58. The van der Waals surface area contributed by atoms with Gasteiger partial charge in [-0.15, -0.1) is 11.3 Å². The van der Waals surface area contributed by atoms with E-state index in [-0.39, 0.29) is 4.90 Å². The Bertz CT molecular complexity index is 778. The molecule has 0 fully saturated rings. The number of nitrogens with one attached hydrogen (secondary N) is 1. The minimum atomic E-state index is -3.74. The maximum atomic E-state index is 12.5. The van der Waals surface area contributed by atoms with Crippen LogP contribution >= 0.6 is 11.3 Å². The maximum Gasteiger partial charge on any atom is 0.263 e. The number of sulfonamides is 1. The Morgan fingerprint density at radius 2 is 1.90 bits per heavy atom. The number of aryl methyl sites for hydroxylation is 2. The van der Waals surface area contributed by atoms with Gasteiger partial charge < -0.3 is 5.73 Å². The van der Waals surface area contributed by atoms with Crippen molar-refractivity contribution in [1.82, 2.24) is 0 Å². The Morgan fingerprint density at radius 3 is 2.45 bits per heavy atom. The highest BCUT2D eigenvalue weighted by atomic mass is 32.2. The molecule has 3 N–H and O–H groups in total. The second-order valence-electron chi connectivity index (χ2n) is 4.36. The molecule has 0 bridgehead atoms. The molecule has 7 heteroatoms. The Hall–Kier alpha value is -2.04. The van der Waals surface area contributed by atoms with Crippen LogP contribution in [0.2, 0.25) is 0 Å². The molecule has 0 radical (unpaired) electrons. The van der Waals surface area contributed by atoms with Crippen LogP contribution in [0.5, 0.6) is 0 Å². The summed E-state index contributed by atoms with van der Waals surface area (Å²) in [6.45, 7) is 3.38. The van der Waals surface area contributed by atoms with Crippen LogP contribution in [0.25, 0.3) is 0 Å². The first-order chi connectivity index (χ1) is 9.35. The van der Waals surface area contributed by atoms with Gasteiger partial charge in [0.15, 0.2) is 0 Å². The zero-order valence-electron chi connectivity index (χ0n) is 11.0. The van der Waals surface area contributed by atoms with Gasteiger partial charge in [0.1, 0.15) is 11.1 Å². The van der Waals surface area contributed by atoms with E-state index in [0.717, 1.165) is 0 Å². The second-order valence-corrected chi connectivity index (χ2v) is 6.90. The fourth-order valence-electron chi connectivity index (χ4n) is 2.06. The van der Waals surface area contributed by atoms with Crippen LogP contribution in [0.3, 0.4) is 0 Å². The van der Waals surface area contributed by atoms with Gasteiger partial charge in [-0.3, -0.25) is 4.72 Å². The number of nitrogens with zero attached hydrogens (tertiary/aromatic N) is 1. The van der Waals surface area contributed by atoms with E-state index in [2.05, 4.69) is 4.72 Å². The van der Waals surface area contributed by atoms with Crippen molar-refractivity contribution in [2.24, 2.45) is 0 Å². The zero-order valence-corrected chi connectivity index (χ0v) is 12.6. The minimum Gasteiger partial charge on any atom is -0.399 e. The summed E-state index contributed by atoms with van der Waals surface area (Å²) < 4.78 is 27.4. The van der Waals surface area contributed by atoms with Crippen molar-refractivity contribution in [1.29, 1.82) is 5.26 Å². The van der Waals surface area contributed by atoms with Crippen molar-refractivity contribution < 1.29 is 8.42 Å². The first-order valence-electron chi connectivity index (χ1n) is 5.72. The highest BCUT2D eigenvalue weighted by Gasteiger charge is 2.21. The number of rotatable bonds is 3. The van der Waals surface area contributed by atoms with Gasteiger partial charge in [-0.2, -0.15) is 5.26 Å². The van der Waals surface area contributed by atoms with Crippen LogP contribution in [0.15, 0.2) is 28.5 Å². The van der Waals surface area contributed by atoms with Gasteiger partial charge in [0.25, 0.3) is 10.0 Å². The van der Waals surface area contributed by atoms with Crippen molar-refractivity contribution in [3.8, 4) is 6.07 Å². The topological polar surface area (TPSA) is 96.0 Å². The lowest BCUT2D eigenvalue weighted by Gasteiger charge is -2.13. The van der Waals surface area contributed by atoms with E-state index < -0.39 is 10.0 Å². The molecule has 20 heavy (non-hydrogen) atoms. The molecule has 0 spiro atoms. The van der Waals surface area contributed by atoms with Crippen molar-refractivity contribution in [2.45, 2.75) is 18.7 Å². The van der Waals surface area contributed by atoms with E-state index in [4.69, 9.17) is 11.0 Å². The molecule has 0 unspecified atom stereocenters. The summed E-state index contributed by atoms with van der Waals surface area (Å²) >= 11 is 1.17. The van der Waals surface area contributed by atoms with Crippen molar-refractivity contribution >= 4 is 32.0 Å². The lowest BCUT2D eigenvalue weighted by Crippen LogP contribution is -2.15. The molecule has 0 saturated carbocycles. The predicted molar refractivity (Wildman–Crippen MR) is 80.2 cm³/mol. The van der Waals surface area contributed by atoms with Crippen molar-refractivity contribution in [3.63, 3.8) is 0 Å². The van der Waals surface area contributed by atoms with Gasteiger partial charge in [0.2, 0.25) is 0 Å². The summed E-state index contributed by atoms with van der Waals surface area (Å²) in [5.41, 5.74) is 7.68. The average Bonchev–Trinajstić information content (AvgIpc) is 2.73. The van der Waals surface area contributed by atoms with E-state index in [9.17, 15) is 8.42 Å². The molecule has 1 aromatic heterocycles. The quantitative estimate of drug-likeness (QED) is 0.852. The Balaban J connectivity index is 2.50. The zero-order chi connectivity index (χ0) is 14.9. The molecule has 0 aliphatic rings. The smallest absolute Gasteiger partial charge is 0.263 e. The molecule has 2 aromatic rings. The highest BCUT2D eigenvalue weighted by Crippen LogP contribution is 2.29. The summed E-state index contributed by atoms with van der Waals surface area (Å²) in [7, 11) is -3.74. The number of nitriles is 1.